The average molecular weight is 279 g/mol. The van der Waals surface area contributed by atoms with Crippen LogP contribution < -0.4 is 4.74 Å². The van der Waals surface area contributed by atoms with Crippen molar-refractivity contribution in [2.24, 2.45) is 0 Å². The number of pyridine rings is 1. The fraction of sp³-hybridized carbons (Fsp3) is 0.176. The van der Waals surface area contributed by atoms with Gasteiger partial charge >= 0.3 is 0 Å². The Morgan fingerprint density at radius 2 is 1.76 bits per heavy atom. The summed E-state index contributed by atoms with van der Waals surface area (Å²) in [7, 11) is 1.68. The van der Waals surface area contributed by atoms with E-state index in [0.29, 0.717) is 0 Å². The van der Waals surface area contributed by atoms with Crippen LogP contribution in [0.25, 0.3) is 22.4 Å². The first kappa shape index (κ1) is 13.4. The molecule has 0 aliphatic heterocycles. The van der Waals surface area contributed by atoms with E-state index in [4.69, 9.17) is 4.74 Å². The van der Waals surface area contributed by atoms with E-state index in [-0.39, 0.29) is 0 Å². The molecule has 0 bridgehead atoms. The minimum atomic E-state index is 0.886. The molecular formula is C17H17N3O. The number of hydrogen-bond acceptors (Lipinski definition) is 3. The van der Waals surface area contributed by atoms with Crippen LogP contribution in [0.3, 0.4) is 0 Å². The Kier molecular flexibility index (Phi) is 3.44. The number of nitrogens with zero attached hydrogens (tertiary/aromatic N) is 2. The van der Waals surface area contributed by atoms with Crippen LogP contribution in [0.2, 0.25) is 0 Å². The molecule has 21 heavy (non-hydrogen) atoms. The van der Waals surface area contributed by atoms with Gasteiger partial charge in [-0.1, -0.05) is 0 Å². The highest BCUT2D eigenvalue weighted by atomic mass is 16.5. The van der Waals surface area contributed by atoms with Crippen LogP contribution in [0.4, 0.5) is 0 Å². The summed E-state index contributed by atoms with van der Waals surface area (Å²) >= 11 is 0. The number of aromatic nitrogens is 3. The van der Waals surface area contributed by atoms with Gasteiger partial charge in [0, 0.05) is 29.2 Å². The number of aromatic amines is 1. The zero-order chi connectivity index (χ0) is 14.8. The van der Waals surface area contributed by atoms with Crippen LogP contribution in [0.1, 0.15) is 11.3 Å². The van der Waals surface area contributed by atoms with Gasteiger partial charge in [-0.3, -0.25) is 10.1 Å². The van der Waals surface area contributed by atoms with Crippen molar-refractivity contribution < 1.29 is 4.74 Å². The Morgan fingerprint density at radius 1 is 1.00 bits per heavy atom. The molecule has 3 rings (SSSR count). The van der Waals surface area contributed by atoms with Gasteiger partial charge in [-0.25, -0.2) is 0 Å². The van der Waals surface area contributed by atoms with Gasteiger partial charge in [0.05, 0.1) is 7.11 Å². The fourth-order valence-corrected chi connectivity index (χ4v) is 2.54. The van der Waals surface area contributed by atoms with E-state index in [1.165, 1.54) is 0 Å². The average Bonchev–Trinajstić information content (AvgIpc) is 2.90. The topological polar surface area (TPSA) is 50.8 Å². The molecule has 0 radical (unpaired) electrons. The van der Waals surface area contributed by atoms with Gasteiger partial charge in [0.25, 0.3) is 0 Å². The molecule has 3 aromatic rings. The lowest BCUT2D eigenvalue weighted by Gasteiger charge is -2.08. The van der Waals surface area contributed by atoms with Crippen molar-refractivity contribution in [2.45, 2.75) is 13.8 Å². The maximum Gasteiger partial charge on any atom is 0.121 e. The zero-order valence-electron chi connectivity index (χ0n) is 12.3. The third kappa shape index (κ3) is 2.40. The molecule has 0 amide bonds. The first-order valence-electron chi connectivity index (χ1n) is 6.81. The molecule has 0 fully saturated rings. The molecule has 0 unspecified atom stereocenters. The van der Waals surface area contributed by atoms with E-state index in [2.05, 4.69) is 21.2 Å². The predicted octanol–water partition coefficient (Wildman–Crippen LogP) is 3.76. The second-order valence-corrected chi connectivity index (χ2v) is 4.99. The third-order valence-corrected chi connectivity index (χ3v) is 3.58. The highest BCUT2D eigenvalue weighted by Gasteiger charge is 2.15. The van der Waals surface area contributed by atoms with E-state index in [1.807, 2.05) is 38.1 Å². The molecular weight excluding hydrogens is 262 g/mol. The summed E-state index contributed by atoms with van der Waals surface area (Å²) in [4.78, 5) is 4.08. The summed E-state index contributed by atoms with van der Waals surface area (Å²) in [6, 6.07) is 10.1. The monoisotopic (exact) mass is 279 g/mol. The van der Waals surface area contributed by atoms with Crippen LogP contribution >= 0.6 is 0 Å². The highest BCUT2D eigenvalue weighted by molar-refractivity contribution is 5.82. The van der Waals surface area contributed by atoms with Crippen LogP contribution in [0.15, 0.2) is 42.7 Å². The zero-order valence-corrected chi connectivity index (χ0v) is 12.3. The summed E-state index contributed by atoms with van der Waals surface area (Å²) in [5.41, 5.74) is 6.39. The van der Waals surface area contributed by atoms with Crippen LogP contribution in [0.5, 0.6) is 5.75 Å². The van der Waals surface area contributed by atoms with E-state index in [0.717, 1.165) is 39.4 Å². The lowest BCUT2D eigenvalue weighted by Crippen LogP contribution is -1.89. The quantitative estimate of drug-likeness (QED) is 0.794. The van der Waals surface area contributed by atoms with Crippen LogP contribution in [-0.4, -0.2) is 22.3 Å². The largest absolute Gasteiger partial charge is 0.496 e. The maximum absolute atomic E-state index is 5.32. The Hall–Kier alpha value is -2.62. The van der Waals surface area contributed by atoms with Gasteiger partial charge in [0.15, 0.2) is 0 Å². The van der Waals surface area contributed by atoms with Crippen LogP contribution in [0, 0.1) is 13.8 Å². The van der Waals surface area contributed by atoms with Gasteiger partial charge < -0.3 is 4.74 Å². The Bertz CT molecular complexity index is 763. The second-order valence-electron chi connectivity index (χ2n) is 4.99. The first-order valence-corrected chi connectivity index (χ1v) is 6.81. The summed E-state index contributed by atoms with van der Waals surface area (Å²) < 4.78 is 5.32. The smallest absolute Gasteiger partial charge is 0.121 e. The van der Waals surface area contributed by atoms with E-state index in [1.54, 1.807) is 19.5 Å². The molecule has 1 N–H and O–H groups in total. The lowest BCUT2D eigenvalue weighted by atomic mass is 9.99. The van der Waals surface area contributed by atoms with Gasteiger partial charge in [0.2, 0.25) is 0 Å². The molecule has 0 spiro atoms. The van der Waals surface area contributed by atoms with Crippen molar-refractivity contribution in [1.82, 2.24) is 15.2 Å². The standard InChI is InChI=1S/C17H17N3O/c1-11-10-14(4-5-15(11)21-3)17-16(12(2)19-20-17)13-6-8-18-9-7-13/h4-10H,1-3H3,(H,19,20). The normalized spacial score (nSPS) is 10.6. The SMILES string of the molecule is COc1ccc(-c2n[nH]c(C)c2-c2ccncc2)cc1C. The predicted molar refractivity (Wildman–Crippen MR) is 83.3 cm³/mol. The molecule has 4 heteroatoms. The summed E-state index contributed by atoms with van der Waals surface area (Å²) in [6.45, 7) is 4.07. The lowest BCUT2D eigenvalue weighted by molar-refractivity contribution is 0.412. The van der Waals surface area contributed by atoms with Crippen LogP contribution in [-0.2, 0) is 0 Å². The van der Waals surface area contributed by atoms with E-state index < -0.39 is 0 Å². The second kappa shape index (κ2) is 5.40. The minimum Gasteiger partial charge on any atom is -0.496 e. The number of ether oxygens (including phenoxy) is 1. The number of H-pyrrole nitrogens is 1. The number of aryl methyl sites for hydroxylation is 2. The molecule has 0 atom stereocenters. The molecule has 2 aromatic heterocycles. The molecule has 1 aromatic carbocycles. The fourth-order valence-electron chi connectivity index (χ4n) is 2.54. The summed E-state index contributed by atoms with van der Waals surface area (Å²) in [5.74, 6) is 0.886. The molecule has 0 saturated carbocycles. The minimum absolute atomic E-state index is 0.886. The maximum atomic E-state index is 5.32. The Morgan fingerprint density at radius 3 is 2.43 bits per heavy atom. The molecule has 0 aliphatic rings. The highest BCUT2D eigenvalue weighted by Crippen LogP contribution is 2.34. The number of nitrogens with one attached hydrogen (secondary N) is 1. The van der Waals surface area contributed by atoms with Crippen molar-refractivity contribution in [3.8, 4) is 28.1 Å². The van der Waals surface area contributed by atoms with E-state index in [9.17, 15) is 0 Å². The summed E-state index contributed by atoms with van der Waals surface area (Å²) in [6.07, 6.45) is 3.59. The van der Waals surface area contributed by atoms with Crippen molar-refractivity contribution in [3.05, 3.63) is 54.0 Å². The Balaban J connectivity index is 2.14. The van der Waals surface area contributed by atoms with Crippen molar-refractivity contribution in [3.63, 3.8) is 0 Å². The number of rotatable bonds is 3. The molecule has 0 saturated heterocycles. The Labute approximate surface area is 123 Å². The molecule has 2 heterocycles. The van der Waals surface area contributed by atoms with Crippen molar-refractivity contribution >= 4 is 0 Å². The van der Waals surface area contributed by atoms with Gasteiger partial charge in [-0.2, -0.15) is 5.10 Å². The first-order chi connectivity index (χ1) is 10.2. The van der Waals surface area contributed by atoms with Crippen molar-refractivity contribution in [2.75, 3.05) is 7.11 Å². The van der Waals surface area contributed by atoms with Gasteiger partial charge in [-0.05, 0) is 55.3 Å². The molecule has 0 aliphatic carbocycles. The summed E-state index contributed by atoms with van der Waals surface area (Å²) in [5, 5.41) is 7.55. The number of benzene rings is 1. The number of hydrogen-bond donors (Lipinski definition) is 1. The molecule has 106 valence electrons. The van der Waals surface area contributed by atoms with E-state index >= 15 is 0 Å². The third-order valence-electron chi connectivity index (χ3n) is 3.58. The van der Waals surface area contributed by atoms with Gasteiger partial charge in [-0.15, -0.1) is 0 Å². The van der Waals surface area contributed by atoms with Crippen molar-refractivity contribution in [1.29, 1.82) is 0 Å². The van der Waals surface area contributed by atoms with Gasteiger partial charge in [0.1, 0.15) is 11.4 Å². The number of methoxy groups -OCH3 is 1. The molecule has 4 nitrogen and oxygen atoms in total.